The van der Waals surface area contributed by atoms with Crippen molar-refractivity contribution in [3.8, 4) is 0 Å². The number of hydrogen-bond donors (Lipinski definition) is 0. The number of benzene rings is 1. The van der Waals surface area contributed by atoms with E-state index in [1.165, 1.54) is 30.0 Å². The van der Waals surface area contributed by atoms with Gasteiger partial charge in [0.1, 0.15) is 0 Å². The van der Waals surface area contributed by atoms with Crippen molar-refractivity contribution in [1.29, 1.82) is 0 Å². The van der Waals surface area contributed by atoms with Gasteiger partial charge in [-0.3, -0.25) is 0 Å². The molecule has 1 aliphatic rings. The molecule has 0 amide bonds. The Morgan fingerprint density at radius 3 is 2.13 bits per heavy atom. The smallest absolute Gasteiger partial charge is 0.0556 e. The monoisotopic (exact) mass is 326 g/mol. The average Bonchev–Trinajstić information content (AvgIpc) is 2.69. The fourth-order valence-corrected chi connectivity index (χ4v) is 6.39. The first-order valence-corrected chi connectivity index (χ1v) is 11.0. The highest BCUT2D eigenvalue weighted by Crippen LogP contribution is 2.42. The molecule has 0 aliphatic heterocycles. The lowest BCUT2D eigenvalue weighted by atomic mass is 9.89. The van der Waals surface area contributed by atoms with Gasteiger partial charge in [0.15, 0.2) is 0 Å². The van der Waals surface area contributed by atoms with Crippen molar-refractivity contribution in [2.75, 3.05) is 0 Å². The molecule has 0 N–H and O–H groups in total. The molecule has 1 aromatic rings. The van der Waals surface area contributed by atoms with Crippen LogP contribution in [0.5, 0.6) is 0 Å². The van der Waals surface area contributed by atoms with Crippen LogP contribution in [-0.2, 0) is 0 Å². The molecule has 1 aromatic carbocycles. The molecular weight excluding hydrogens is 292 g/mol. The van der Waals surface area contributed by atoms with Crippen LogP contribution in [0.4, 0.5) is 0 Å². The molecule has 0 radical (unpaired) electrons. The number of allylic oxidation sites excluding steroid dienone is 4. The van der Waals surface area contributed by atoms with Crippen LogP contribution in [0.3, 0.4) is 0 Å². The minimum Gasteiger partial charge on any atom is -0.0664 e. The molecule has 1 heteroatoms. The first kappa shape index (κ1) is 18.3. The Balaban J connectivity index is 2.16. The molecule has 0 nitrogen and oxygen atoms in total. The van der Waals surface area contributed by atoms with Gasteiger partial charge >= 0.3 is 0 Å². The number of rotatable bonds is 6. The summed E-state index contributed by atoms with van der Waals surface area (Å²) in [5, 5.41) is 1.64. The van der Waals surface area contributed by atoms with Crippen LogP contribution < -0.4 is 5.19 Å². The molecule has 0 saturated carbocycles. The van der Waals surface area contributed by atoms with Crippen molar-refractivity contribution in [2.45, 2.75) is 67.4 Å². The van der Waals surface area contributed by atoms with Gasteiger partial charge in [0.2, 0.25) is 0 Å². The van der Waals surface area contributed by atoms with E-state index in [1.54, 1.807) is 27.5 Å². The second kappa shape index (κ2) is 7.66. The molecule has 0 heterocycles. The third kappa shape index (κ3) is 4.26. The van der Waals surface area contributed by atoms with Crippen molar-refractivity contribution in [2.24, 2.45) is 11.8 Å². The highest BCUT2D eigenvalue weighted by molar-refractivity contribution is 6.53. The fraction of sp³-hybridized carbons (Fsp3) is 0.545. The molecule has 2 rings (SSSR count). The second-order valence-electron chi connectivity index (χ2n) is 7.76. The standard InChI is InChI=1S/C22H34Si/c1-8-14(2)12-21-18(6)17(5)19(7)22(21)13-23-20-10-15(3)9-16(4)11-20/h9-11,14,22H,8,12-13,23H2,1-7H3. The van der Waals surface area contributed by atoms with Gasteiger partial charge in [0.05, 0.1) is 9.52 Å². The van der Waals surface area contributed by atoms with Crippen molar-refractivity contribution in [3.05, 3.63) is 51.6 Å². The molecule has 0 spiro atoms. The summed E-state index contributed by atoms with van der Waals surface area (Å²) in [5.74, 6) is 1.54. The minimum absolute atomic E-state index is 0.201. The normalized spacial score (nSPS) is 20.2. The maximum absolute atomic E-state index is 2.42. The van der Waals surface area contributed by atoms with E-state index in [9.17, 15) is 0 Å². The highest BCUT2D eigenvalue weighted by Gasteiger charge is 2.27. The van der Waals surface area contributed by atoms with E-state index in [4.69, 9.17) is 0 Å². The summed E-state index contributed by atoms with van der Waals surface area (Å²) in [6.45, 7) is 16.3. The summed E-state index contributed by atoms with van der Waals surface area (Å²) in [5.41, 5.74) is 9.43. The molecule has 0 saturated heterocycles. The van der Waals surface area contributed by atoms with E-state index in [1.807, 2.05) is 0 Å². The molecule has 23 heavy (non-hydrogen) atoms. The predicted molar refractivity (Wildman–Crippen MR) is 108 cm³/mol. The first-order valence-electron chi connectivity index (χ1n) is 9.28. The molecule has 2 atom stereocenters. The summed E-state index contributed by atoms with van der Waals surface area (Å²) in [6.07, 6.45) is 2.58. The zero-order chi connectivity index (χ0) is 17.1. The molecule has 0 fully saturated rings. The summed E-state index contributed by atoms with van der Waals surface area (Å²) < 4.78 is 0. The lowest BCUT2D eigenvalue weighted by molar-refractivity contribution is 0.532. The number of hydrogen-bond acceptors (Lipinski definition) is 0. The van der Waals surface area contributed by atoms with Crippen molar-refractivity contribution >= 4 is 14.7 Å². The van der Waals surface area contributed by atoms with E-state index in [2.05, 4.69) is 66.7 Å². The van der Waals surface area contributed by atoms with Gasteiger partial charge in [-0.05, 0) is 70.1 Å². The molecule has 0 bridgehead atoms. The Labute approximate surface area is 145 Å². The van der Waals surface area contributed by atoms with Crippen molar-refractivity contribution in [1.82, 2.24) is 0 Å². The van der Waals surface area contributed by atoms with Gasteiger partial charge < -0.3 is 0 Å². The number of aryl methyl sites for hydroxylation is 2. The predicted octanol–water partition coefficient (Wildman–Crippen LogP) is 5.23. The Bertz CT molecular complexity index is 613. The Morgan fingerprint density at radius 2 is 1.57 bits per heavy atom. The third-order valence-corrected chi connectivity index (χ3v) is 7.70. The third-order valence-electron chi connectivity index (χ3n) is 5.85. The maximum Gasteiger partial charge on any atom is 0.0556 e. The minimum atomic E-state index is -0.201. The van der Waals surface area contributed by atoms with Crippen molar-refractivity contribution in [3.63, 3.8) is 0 Å². The van der Waals surface area contributed by atoms with Gasteiger partial charge in [-0.2, -0.15) is 0 Å². The molecule has 2 unspecified atom stereocenters. The Hall–Kier alpha value is -1.08. The van der Waals surface area contributed by atoms with Gasteiger partial charge in [-0.1, -0.05) is 65.9 Å². The van der Waals surface area contributed by atoms with Gasteiger partial charge in [-0.15, -0.1) is 0 Å². The summed E-state index contributed by atoms with van der Waals surface area (Å²) in [7, 11) is -0.201. The van der Waals surface area contributed by atoms with Crippen LogP contribution in [0.25, 0.3) is 0 Å². The zero-order valence-electron chi connectivity index (χ0n) is 16.2. The summed E-state index contributed by atoms with van der Waals surface area (Å²) in [6, 6.07) is 8.53. The largest absolute Gasteiger partial charge is 0.0664 e. The molecular formula is C22H34Si. The van der Waals surface area contributed by atoms with E-state index < -0.39 is 0 Å². The lowest BCUT2D eigenvalue weighted by Crippen LogP contribution is -2.19. The summed E-state index contributed by atoms with van der Waals surface area (Å²) >= 11 is 0. The lowest BCUT2D eigenvalue weighted by Gasteiger charge is -2.21. The van der Waals surface area contributed by atoms with Crippen LogP contribution in [0.15, 0.2) is 40.5 Å². The van der Waals surface area contributed by atoms with Crippen molar-refractivity contribution < 1.29 is 0 Å². The first-order chi connectivity index (χ1) is 10.8. The topological polar surface area (TPSA) is 0 Å². The van der Waals surface area contributed by atoms with Crippen LogP contribution in [0, 0.1) is 25.7 Å². The van der Waals surface area contributed by atoms with E-state index in [-0.39, 0.29) is 9.52 Å². The van der Waals surface area contributed by atoms with Crippen LogP contribution >= 0.6 is 0 Å². The maximum atomic E-state index is 2.42. The molecule has 126 valence electrons. The van der Waals surface area contributed by atoms with Gasteiger partial charge in [-0.25, -0.2) is 0 Å². The van der Waals surface area contributed by atoms with Crippen LogP contribution in [-0.4, -0.2) is 9.52 Å². The van der Waals surface area contributed by atoms with E-state index >= 15 is 0 Å². The van der Waals surface area contributed by atoms with Gasteiger partial charge in [0.25, 0.3) is 0 Å². The van der Waals surface area contributed by atoms with Crippen LogP contribution in [0.2, 0.25) is 6.04 Å². The van der Waals surface area contributed by atoms with E-state index in [0.717, 1.165) is 11.8 Å². The molecule has 1 aliphatic carbocycles. The Kier molecular flexibility index (Phi) is 6.08. The zero-order valence-corrected chi connectivity index (χ0v) is 17.6. The quantitative estimate of drug-likeness (QED) is 0.628. The molecule has 0 aromatic heterocycles. The average molecular weight is 327 g/mol. The highest BCUT2D eigenvalue weighted by atomic mass is 28.2. The van der Waals surface area contributed by atoms with Crippen LogP contribution in [0.1, 0.15) is 58.6 Å². The second-order valence-corrected chi connectivity index (χ2v) is 9.66. The fourth-order valence-electron chi connectivity index (χ4n) is 4.05. The van der Waals surface area contributed by atoms with Gasteiger partial charge in [0, 0.05) is 0 Å². The van der Waals surface area contributed by atoms with E-state index in [0.29, 0.717) is 0 Å². The SMILES string of the molecule is CCC(C)CC1=C(C)C(C)=C(C)C1C[SiH2]c1cc(C)cc(C)c1. The summed E-state index contributed by atoms with van der Waals surface area (Å²) in [4.78, 5) is 0. The Morgan fingerprint density at radius 1 is 0.957 bits per heavy atom.